The van der Waals surface area contributed by atoms with Crippen LogP contribution < -0.4 is 16.0 Å². The van der Waals surface area contributed by atoms with E-state index in [4.69, 9.17) is 5.73 Å². The first-order chi connectivity index (χ1) is 10.0. The Morgan fingerprint density at radius 2 is 2.05 bits per heavy atom. The van der Waals surface area contributed by atoms with Crippen LogP contribution in [0.1, 0.15) is 46.0 Å². The summed E-state index contributed by atoms with van der Waals surface area (Å²) in [6.07, 6.45) is 7.15. The zero-order valence-corrected chi connectivity index (χ0v) is 14.3. The van der Waals surface area contributed by atoms with Crippen molar-refractivity contribution in [2.75, 3.05) is 23.3 Å². The van der Waals surface area contributed by atoms with Gasteiger partial charge in [-0.3, -0.25) is 4.79 Å². The van der Waals surface area contributed by atoms with Crippen molar-refractivity contribution in [1.82, 2.24) is 4.98 Å². The molecule has 1 aliphatic rings. The number of nitrogens with zero attached hydrogens (tertiary/aromatic N) is 2. The number of anilines is 2. The van der Waals surface area contributed by atoms with Gasteiger partial charge in [-0.1, -0.05) is 13.3 Å². The van der Waals surface area contributed by atoms with Gasteiger partial charge in [0.25, 0.3) is 0 Å². The molecule has 3 N–H and O–H groups in total. The van der Waals surface area contributed by atoms with Gasteiger partial charge in [0.1, 0.15) is 5.82 Å². The van der Waals surface area contributed by atoms with Crippen molar-refractivity contribution in [3.63, 3.8) is 0 Å². The summed E-state index contributed by atoms with van der Waals surface area (Å²) in [7, 11) is 0. The number of nitrogens with two attached hydrogens (primary N) is 1. The van der Waals surface area contributed by atoms with E-state index in [-0.39, 0.29) is 18.3 Å². The van der Waals surface area contributed by atoms with Gasteiger partial charge in [0, 0.05) is 13.1 Å². The molecule has 124 valence electrons. The minimum atomic E-state index is -0.845. The molecule has 0 spiro atoms. The summed E-state index contributed by atoms with van der Waals surface area (Å²) in [5.41, 5.74) is 6.29. The van der Waals surface area contributed by atoms with Crippen LogP contribution >= 0.6 is 12.4 Å². The maximum atomic E-state index is 12.1. The number of carbonyl (C=O) groups excluding carboxylic acids is 1. The molecule has 0 bridgehead atoms. The Hall–Kier alpha value is -1.33. The molecule has 1 fully saturated rings. The third-order valence-corrected chi connectivity index (χ3v) is 4.00. The highest BCUT2D eigenvalue weighted by Gasteiger charge is 2.27. The molecule has 1 atom stereocenters. The molecule has 0 aliphatic carbocycles. The van der Waals surface area contributed by atoms with E-state index in [1.807, 2.05) is 25.3 Å². The topological polar surface area (TPSA) is 71.2 Å². The Labute approximate surface area is 139 Å². The van der Waals surface area contributed by atoms with Crippen LogP contribution in [-0.4, -0.2) is 29.5 Å². The minimum Gasteiger partial charge on any atom is -0.370 e. The monoisotopic (exact) mass is 326 g/mol. The maximum absolute atomic E-state index is 12.1. The van der Waals surface area contributed by atoms with Crippen molar-refractivity contribution in [2.24, 2.45) is 5.73 Å². The van der Waals surface area contributed by atoms with Crippen LogP contribution in [0.5, 0.6) is 0 Å². The van der Waals surface area contributed by atoms with Gasteiger partial charge in [-0.05, 0) is 44.7 Å². The first-order valence-electron chi connectivity index (χ1n) is 7.84. The lowest BCUT2D eigenvalue weighted by atomic mass is 9.96. The number of aromatic nitrogens is 1. The van der Waals surface area contributed by atoms with E-state index in [0.29, 0.717) is 12.2 Å². The molecule has 2 rings (SSSR count). The number of amides is 1. The molecule has 0 saturated carbocycles. The van der Waals surface area contributed by atoms with Crippen LogP contribution in [0, 0.1) is 0 Å². The Balaban J connectivity index is 0.00000242. The normalized spacial score (nSPS) is 17.3. The van der Waals surface area contributed by atoms with E-state index >= 15 is 0 Å². The molecular weight excluding hydrogens is 300 g/mol. The molecule has 1 unspecified atom stereocenters. The molecule has 1 aromatic rings. The van der Waals surface area contributed by atoms with E-state index in [9.17, 15) is 4.79 Å². The zero-order valence-electron chi connectivity index (χ0n) is 13.5. The molecule has 0 aromatic carbocycles. The fourth-order valence-corrected chi connectivity index (χ4v) is 2.69. The number of nitrogens with one attached hydrogen (secondary N) is 1. The Bertz CT molecular complexity index is 470. The molecule has 1 amide bonds. The first kappa shape index (κ1) is 18.7. The number of pyridine rings is 1. The average Bonchev–Trinajstić information content (AvgIpc) is 2.49. The van der Waals surface area contributed by atoms with Crippen molar-refractivity contribution in [3.05, 3.63) is 18.3 Å². The smallest absolute Gasteiger partial charge is 0.245 e. The van der Waals surface area contributed by atoms with Crippen LogP contribution in [-0.2, 0) is 4.79 Å². The number of hydrogen-bond donors (Lipinski definition) is 2. The van der Waals surface area contributed by atoms with Gasteiger partial charge in [-0.15, -0.1) is 12.4 Å². The molecule has 6 heteroatoms. The van der Waals surface area contributed by atoms with Crippen molar-refractivity contribution in [1.29, 1.82) is 0 Å². The molecule has 1 aliphatic heterocycles. The predicted octanol–water partition coefficient (Wildman–Crippen LogP) is 2.95. The third kappa shape index (κ3) is 4.85. The highest BCUT2D eigenvalue weighted by Crippen LogP contribution is 2.20. The van der Waals surface area contributed by atoms with Gasteiger partial charge in [-0.2, -0.15) is 0 Å². The Kier molecular flexibility index (Phi) is 7.10. The molecule has 2 heterocycles. The number of hydrogen-bond acceptors (Lipinski definition) is 4. The highest BCUT2D eigenvalue weighted by atomic mass is 35.5. The summed E-state index contributed by atoms with van der Waals surface area (Å²) in [5, 5.41) is 2.80. The Morgan fingerprint density at radius 1 is 1.36 bits per heavy atom. The second-order valence-electron chi connectivity index (χ2n) is 6.07. The summed E-state index contributed by atoms with van der Waals surface area (Å²) in [5.74, 6) is 0.385. The second-order valence-corrected chi connectivity index (χ2v) is 6.07. The van der Waals surface area contributed by atoms with Crippen LogP contribution in [0.15, 0.2) is 18.3 Å². The molecule has 1 aromatic heterocycles. The van der Waals surface area contributed by atoms with E-state index in [1.54, 1.807) is 6.92 Å². The Morgan fingerprint density at radius 3 is 2.59 bits per heavy atom. The van der Waals surface area contributed by atoms with E-state index < -0.39 is 5.54 Å². The van der Waals surface area contributed by atoms with Crippen molar-refractivity contribution < 1.29 is 4.79 Å². The SMILES string of the molecule is CCCC(C)(N)C(=O)Nc1ccc(N2CCCCC2)cn1.Cl. The van der Waals surface area contributed by atoms with Crippen LogP contribution in [0.25, 0.3) is 0 Å². The fourth-order valence-electron chi connectivity index (χ4n) is 2.69. The zero-order chi connectivity index (χ0) is 15.3. The average molecular weight is 327 g/mol. The lowest BCUT2D eigenvalue weighted by molar-refractivity contribution is -0.120. The predicted molar refractivity (Wildman–Crippen MR) is 93.7 cm³/mol. The van der Waals surface area contributed by atoms with Gasteiger partial charge in [-0.25, -0.2) is 4.98 Å². The van der Waals surface area contributed by atoms with Crippen LogP contribution in [0.2, 0.25) is 0 Å². The summed E-state index contributed by atoms with van der Waals surface area (Å²) in [6.45, 7) is 5.95. The standard InChI is InChI=1S/C16H26N4O.ClH/c1-3-9-16(2,17)15(21)19-14-8-7-13(12-18-14)20-10-5-4-6-11-20;/h7-8,12H,3-6,9-11,17H2,1-2H3,(H,18,19,21);1H. The van der Waals surface area contributed by atoms with E-state index in [1.165, 1.54) is 19.3 Å². The minimum absolute atomic E-state index is 0. The number of piperidine rings is 1. The van der Waals surface area contributed by atoms with Crippen molar-refractivity contribution in [3.8, 4) is 0 Å². The van der Waals surface area contributed by atoms with Crippen LogP contribution in [0.4, 0.5) is 11.5 Å². The lowest BCUT2D eigenvalue weighted by Crippen LogP contribution is -2.48. The molecule has 5 nitrogen and oxygen atoms in total. The van der Waals surface area contributed by atoms with Crippen molar-refractivity contribution >= 4 is 29.8 Å². The lowest BCUT2D eigenvalue weighted by Gasteiger charge is -2.28. The second kappa shape index (κ2) is 8.34. The molecule has 0 radical (unpaired) electrons. The van der Waals surface area contributed by atoms with Crippen molar-refractivity contribution in [2.45, 2.75) is 51.5 Å². The highest BCUT2D eigenvalue weighted by molar-refractivity contribution is 5.96. The van der Waals surface area contributed by atoms with Gasteiger partial charge in [0.15, 0.2) is 0 Å². The largest absolute Gasteiger partial charge is 0.370 e. The number of carbonyl (C=O) groups is 1. The molecular formula is C16H27ClN4O. The first-order valence-corrected chi connectivity index (χ1v) is 7.84. The molecule has 1 saturated heterocycles. The van der Waals surface area contributed by atoms with E-state index in [0.717, 1.165) is 25.2 Å². The van der Waals surface area contributed by atoms with E-state index in [2.05, 4.69) is 15.2 Å². The molecule has 22 heavy (non-hydrogen) atoms. The quantitative estimate of drug-likeness (QED) is 0.872. The number of rotatable bonds is 5. The third-order valence-electron chi connectivity index (χ3n) is 4.00. The van der Waals surface area contributed by atoms with Gasteiger partial charge < -0.3 is 16.0 Å². The summed E-state index contributed by atoms with van der Waals surface area (Å²) < 4.78 is 0. The maximum Gasteiger partial charge on any atom is 0.245 e. The van der Waals surface area contributed by atoms with Gasteiger partial charge in [0.2, 0.25) is 5.91 Å². The summed E-state index contributed by atoms with van der Waals surface area (Å²) in [6, 6.07) is 3.87. The van der Waals surface area contributed by atoms with Gasteiger partial charge in [0.05, 0.1) is 17.4 Å². The van der Waals surface area contributed by atoms with Gasteiger partial charge >= 0.3 is 0 Å². The summed E-state index contributed by atoms with van der Waals surface area (Å²) in [4.78, 5) is 18.8. The summed E-state index contributed by atoms with van der Waals surface area (Å²) >= 11 is 0. The number of halogens is 1. The fraction of sp³-hybridized carbons (Fsp3) is 0.625. The van der Waals surface area contributed by atoms with Crippen LogP contribution in [0.3, 0.4) is 0 Å².